The Bertz CT molecular complexity index is 895. The van der Waals surface area contributed by atoms with Crippen LogP contribution in [0.1, 0.15) is 16.7 Å². The first kappa shape index (κ1) is 17.3. The maximum absolute atomic E-state index is 12.4. The van der Waals surface area contributed by atoms with Crippen molar-refractivity contribution >= 4 is 37.7 Å². The van der Waals surface area contributed by atoms with Crippen LogP contribution in [-0.4, -0.2) is 8.42 Å². The maximum atomic E-state index is 12.4. The van der Waals surface area contributed by atoms with Gasteiger partial charge in [0, 0.05) is 4.47 Å². The third-order valence-corrected chi connectivity index (χ3v) is 5.00. The van der Waals surface area contributed by atoms with Gasteiger partial charge in [0.05, 0.1) is 5.69 Å². The summed E-state index contributed by atoms with van der Waals surface area (Å²) >= 11 is 3.31. The molecule has 2 aromatic rings. The summed E-state index contributed by atoms with van der Waals surface area (Å²) in [6.45, 7) is 3.74. The van der Waals surface area contributed by atoms with Crippen molar-refractivity contribution in [2.45, 2.75) is 13.8 Å². The fraction of sp³-hybridized carbons (Fsp3) is 0.118. The summed E-state index contributed by atoms with van der Waals surface area (Å²) in [4.78, 5) is -0.334. The first-order chi connectivity index (χ1) is 10.8. The summed E-state index contributed by atoms with van der Waals surface area (Å²) in [5, 5.41) is 9.22. The van der Waals surface area contributed by atoms with Gasteiger partial charge in [-0.15, -0.1) is 0 Å². The lowest BCUT2D eigenvalue weighted by atomic mass is 10.1. The van der Waals surface area contributed by atoms with E-state index >= 15 is 0 Å². The van der Waals surface area contributed by atoms with Crippen LogP contribution in [0.5, 0.6) is 0 Å². The van der Waals surface area contributed by atoms with E-state index < -0.39 is 10.0 Å². The molecule has 0 radical (unpaired) electrons. The summed E-state index contributed by atoms with van der Waals surface area (Å²) in [6.07, 6.45) is 1.35. The second kappa shape index (κ2) is 6.99. The highest BCUT2D eigenvalue weighted by atomic mass is 79.9. The number of aryl methyl sites for hydroxylation is 2. The Balaban J connectivity index is 2.36. The van der Waals surface area contributed by atoms with Gasteiger partial charge in [0.1, 0.15) is 6.07 Å². The van der Waals surface area contributed by atoms with E-state index in [2.05, 4.69) is 20.7 Å². The second-order valence-electron chi connectivity index (χ2n) is 5.10. The van der Waals surface area contributed by atoms with Crippen molar-refractivity contribution in [2.75, 3.05) is 4.72 Å². The summed E-state index contributed by atoms with van der Waals surface area (Å²) in [6, 6.07) is 14.2. The van der Waals surface area contributed by atoms with Gasteiger partial charge < -0.3 is 0 Å². The first-order valence-corrected chi connectivity index (χ1v) is 9.07. The quantitative estimate of drug-likeness (QED) is 0.787. The molecule has 0 heterocycles. The molecule has 2 aromatic carbocycles. The molecule has 0 aliphatic heterocycles. The fourth-order valence-electron chi connectivity index (χ4n) is 2.01. The molecule has 0 aliphatic carbocycles. The standard InChI is InChI=1S/C17H15BrN2O2S/c1-12-3-8-17(13(2)9-12)20-23(21,22)16(11-19)10-14-4-6-15(18)7-5-14/h3-10,20H,1-2H3. The lowest BCUT2D eigenvalue weighted by molar-refractivity contribution is 0.608. The van der Waals surface area contributed by atoms with Crippen molar-refractivity contribution in [3.8, 4) is 6.07 Å². The van der Waals surface area contributed by atoms with Gasteiger partial charge in [-0.3, -0.25) is 4.72 Å². The van der Waals surface area contributed by atoms with Gasteiger partial charge in [-0.1, -0.05) is 45.8 Å². The smallest absolute Gasteiger partial charge is 0.272 e. The number of nitrogens with zero attached hydrogens (tertiary/aromatic N) is 1. The average molecular weight is 391 g/mol. The van der Waals surface area contributed by atoms with E-state index in [1.54, 1.807) is 36.4 Å². The van der Waals surface area contributed by atoms with E-state index in [0.717, 1.165) is 15.6 Å². The zero-order chi connectivity index (χ0) is 17.0. The largest absolute Gasteiger partial charge is 0.279 e. The third-order valence-electron chi connectivity index (χ3n) is 3.19. The molecular formula is C17H15BrN2O2S. The monoisotopic (exact) mass is 390 g/mol. The Labute approximate surface area is 144 Å². The number of nitriles is 1. The molecule has 118 valence electrons. The highest BCUT2D eigenvalue weighted by Crippen LogP contribution is 2.21. The van der Waals surface area contributed by atoms with Crippen LogP contribution < -0.4 is 4.72 Å². The molecule has 0 saturated heterocycles. The number of allylic oxidation sites excluding steroid dienone is 1. The minimum atomic E-state index is -3.93. The van der Waals surface area contributed by atoms with Crippen molar-refractivity contribution in [1.82, 2.24) is 0 Å². The van der Waals surface area contributed by atoms with Crippen molar-refractivity contribution in [2.24, 2.45) is 0 Å². The van der Waals surface area contributed by atoms with Crippen LogP contribution in [0.2, 0.25) is 0 Å². The Morgan fingerprint density at radius 1 is 1.17 bits per heavy atom. The number of anilines is 1. The van der Waals surface area contributed by atoms with Crippen LogP contribution in [0.15, 0.2) is 51.8 Å². The predicted octanol–water partition coefficient (Wildman–Crippen LogP) is 4.37. The number of hydrogen-bond acceptors (Lipinski definition) is 3. The average Bonchev–Trinajstić information content (AvgIpc) is 2.49. The summed E-state index contributed by atoms with van der Waals surface area (Å²) in [5.41, 5.74) is 2.94. The minimum Gasteiger partial charge on any atom is -0.279 e. The molecule has 0 aromatic heterocycles. The van der Waals surface area contributed by atoms with Crippen LogP contribution in [0, 0.1) is 25.2 Å². The zero-order valence-electron chi connectivity index (χ0n) is 12.7. The van der Waals surface area contributed by atoms with Crippen molar-refractivity contribution in [3.05, 3.63) is 68.5 Å². The number of nitrogens with one attached hydrogen (secondary N) is 1. The van der Waals surface area contributed by atoms with E-state index in [9.17, 15) is 13.7 Å². The molecule has 0 unspecified atom stereocenters. The Kier molecular flexibility index (Phi) is 5.24. The fourth-order valence-corrected chi connectivity index (χ4v) is 3.31. The summed E-state index contributed by atoms with van der Waals surface area (Å²) in [7, 11) is -3.93. The summed E-state index contributed by atoms with van der Waals surface area (Å²) < 4.78 is 28.2. The van der Waals surface area contributed by atoms with Crippen LogP contribution in [0.25, 0.3) is 6.08 Å². The van der Waals surface area contributed by atoms with Gasteiger partial charge in [-0.2, -0.15) is 5.26 Å². The Morgan fingerprint density at radius 3 is 2.39 bits per heavy atom. The number of rotatable bonds is 4. The van der Waals surface area contributed by atoms with Gasteiger partial charge in [0.2, 0.25) is 0 Å². The Morgan fingerprint density at radius 2 is 1.83 bits per heavy atom. The molecule has 0 saturated carbocycles. The van der Waals surface area contributed by atoms with Gasteiger partial charge in [0.25, 0.3) is 10.0 Å². The maximum Gasteiger partial charge on any atom is 0.272 e. The lowest BCUT2D eigenvalue weighted by Crippen LogP contribution is -2.15. The normalized spacial score (nSPS) is 11.8. The number of benzene rings is 2. The second-order valence-corrected chi connectivity index (χ2v) is 7.66. The van der Waals surface area contributed by atoms with Crippen LogP contribution in [0.4, 0.5) is 5.69 Å². The van der Waals surface area contributed by atoms with Crippen LogP contribution in [0.3, 0.4) is 0 Å². The molecule has 0 bridgehead atoms. The third kappa shape index (κ3) is 4.44. The minimum absolute atomic E-state index is 0.334. The van der Waals surface area contributed by atoms with E-state index in [0.29, 0.717) is 11.3 Å². The van der Waals surface area contributed by atoms with Crippen LogP contribution in [-0.2, 0) is 10.0 Å². The molecule has 0 spiro atoms. The predicted molar refractivity (Wildman–Crippen MR) is 96.2 cm³/mol. The molecular weight excluding hydrogens is 376 g/mol. The first-order valence-electron chi connectivity index (χ1n) is 6.79. The van der Waals surface area contributed by atoms with Crippen molar-refractivity contribution < 1.29 is 8.42 Å². The molecule has 23 heavy (non-hydrogen) atoms. The molecule has 0 aliphatic rings. The van der Waals surface area contributed by atoms with Gasteiger partial charge in [0.15, 0.2) is 4.91 Å². The van der Waals surface area contributed by atoms with Gasteiger partial charge in [-0.25, -0.2) is 8.42 Å². The molecule has 0 fully saturated rings. The summed E-state index contributed by atoms with van der Waals surface area (Å²) in [5.74, 6) is 0. The highest BCUT2D eigenvalue weighted by molar-refractivity contribution is 9.10. The van der Waals surface area contributed by atoms with E-state index in [1.807, 2.05) is 26.0 Å². The lowest BCUT2D eigenvalue weighted by Gasteiger charge is -2.10. The molecule has 6 heteroatoms. The number of sulfonamides is 1. The number of halogens is 1. The van der Waals surface area contributed by atoms with Gasteiger partial charge >= 0.3 is 0 Å². The van der Waals surface area contributed by atoms with E-state index in [-0.39, 0.29) is 4.91 Å². The van der Waals surface area contributed by atoms with Crippen LogP contribution >= 0.6 is 15.9 Å². The molecule has 2 rings (SSSR count). The van der Waals surface area contributed by atoms with E-state index in [4.69, 9.17) is 0 Å². The van der Waals surface area contributed by atoms with Crippen molar-refractivity contribution in [1.29, 1.82) is 5.26 Å². The molecule has 0 amide bonds. The van der Waals surface area contributed by atoms with Gasteiger partial charge in [-0.05, 0) is 49.2 Å². The SMILES string of the molecule is Cc1ccc(NS(=O)(=O)C(C#N)=Cc2ccc(Br)cc2)c(C)c1. The Hall–Kier alpha value is -2.10. The molecule has 0 atom stereocenters. The number of hydrogen-bond donors (Lipinski definition) is 1. The van der Waals surface area contributed by atoms with Crippen molar-refractivity contribution in [3.63, 3.8) is 0 Å². The molecule has 4 nitrogen and oxygen atoms in total. The molecule has 1 N–H and O–H groups in total. The highest BCUT2D eigenvalue weighted by Gasteiger charge is 2.18. The van der Waals surface area contributed by atoms with E-state index in [1.165, 1.54) is 6.08 Å². The topological polar surface area (TPSA) is 70.0 Å². The zero-order valence-corrected chi connectivity index (χ0v) is 15.1.